The number of benzene rings is 12. The van der Waals surface area contributed by atoms with E-state index in [1.165, 1.54) is 41.7 Å². The molecule has 88 heavy (non-hydrogen) atoms. The average Bonchev–Trinajstić information content (AvgIpc) is 2.00. The predicted octanol–water partition coefficient (Wildman–Crippen LogP) is 20.3. The Hall–Kier alpha value is -11.7. The maximum absolute atomic E-state index is 5.56. The summed E-state index contributed by atoms with van der Waals surface area (Å²) in [6.07, 6.45) is 0. The first-order valence-electron chi connectivity index (χ1n) is 29.6. The van der Waals surface area contributed by atoms with Crippen molar-refractivity contribution in [2.75, 3.05) is 0 Å². The monoisotopic (exact) mass is 1140 g/mol. The molecule has 0 N–H and O–H groups in total. The van der Waals surface area contributed by atoms with Gasteiger partial charge >= 0.3 is 0 Å². The lowest BCUT2D eigenvalue weighted by Crippen LogP contribution is -2.06. The maximum atomic E-state index is 5.56. The number of hydrogen-bond acceptors (Lipinski definition) is 6. The third-order valence-corrected chi connectivity index (χ3v) is 18.5. The number of para-hydroxylation sites is 5. The zero-order valence-electron chi connectivity index (χ0n) is 47.2. The molecule has 9 heteroatoms. The van der Waals surface area contributed by atoms with Crippen LogP contribution >= 0.6 is 11.3 Å². The van der Waals surface area contributed by atoms with Gasteiger partial charge in [0.25, 0.3) is 0 Å². The Morgan fingerprint density at radius 2 is 0.659 bits per heavy atom. The maximum Gasteiger partial charge on any atom is 0.238 e. The fourth-order valence-corrected chi connectivity index (χ4v) is 14.5. The van der Waals surface area contributed by atoms with Gasteiger partial charge in [0, 0.05) is 87.0 Å². The first kappa shape index (κ1) is 49.7. The van der Waals surface area contributed by atoms with Gasteiger partial charge < -0.3 is 9.13 Å². The molecule has 410 valence electrons. The molecule has 0 radical (unpaired) electrons. The van der Waals surface area contributed by atoms with Crippen LogP contribution < -0.4 is 0 Å². The first-order chi connectivity index (χ1) is 43.6. The molecule has 0 saturated carbocycles. The molecule has 12 aromatic carbocycles. The van der Waals surface area contributed by atoms with E-state index in [-0.39, 0.29) is 0 Å². The quantitative estimate of drug-likeness (QED) is 0.144. The normalized spacial score (nSPS) is 11.9. The number of hydrogen-bond donors (Lipinski definition) is 0. The molecule has 18 aromatic rings. The zero-order chi connectivity index (χ0) is 57.8. The minimum atomic E-state index is 0.567. The van der Waals surface area contributed by atoms with E-state index >= 15 is 0 Å². The molecule has 0 fully saturated rings. The topological polar surface area (TPSA) is 79.2 Å². The molecule has 18 rings (SSSR count). The van der Waals surface area contributed by atoms with Crippen molar-refractivity contribution in [2.24, 2.45) is 0 Å². The van der Waals surface area contributed by atoms with E-state index in [0.717, 1.165) is 106 Å². The Bertz CT molecular complexity index is 5580. The molecular weight excluding hydrogens is 1090 g/mol. The number of rotatable bonds is 9. The van der Waals surface area contributed by atoms with Crippen molar-refractivity contribution in [3.05, 3.63) is 291 Å². The molecular formula is C79H48N8S. The highest BCUT2D eigenvalue weighted by Crippen LogP contribution is 2.44. The Kier molecular flexibility index (Phi) is 11.3. The van der Waals surface area contributed by atoms with Crippen molar-refractivity contribution in [1.29, 1.82) is 0 Å². The third-order valence-electron chi connectivity index (χ3n) is 17.3. The SMILES string of the molecule is c1ccc(-c2cc(-c3cccc(-c4ccc(-c5nc(-c6ccccc6)nc(-n6c7ccccc7c7ccc8c9ccccc9sc8c76)n5)cc4)c3)nc(-c3cc(-n4c5ccccc5c5ccccc54)cc(-n4c5ccccc5c5ccccc54)c3)n2)cc1. The van der Waals surface area contributed by atoms with Crippen LogP contribution in [0, 0.1) is 0 Å². The molecule has 8 nitrogen and oxygen atoms in total. The molecule has 0 aliphatic carbocycles. The summed E-state index contributed by atoms with van der Waals surface area (Å²) >= 11 is 1.81. The predicted molar refractivity (Wildman–Crippen MR) is 364 cm³/mol. The lowest BCUT2D eigenvalue weighted by molar-refractivity contribution is 0.955. The zero-order valence-corrected chi connectivity index (χ0v) is 48.0. The van der Waals surface area contributed by atoms with E-state index in [1.807, 2.05) is 35.6 Å². The van der Waals surface area contributed by atoms with Crippen LogP contribution in [-0.2, 0) is 0 Å². The summed E-state index contributed by atoms with van der Waals surface area (Å²) in [7, 11) is 0. The van der Waals surface area contributed by atoms with Gasteiger partial charge in [-0.25, -0.2) is 15.0 Å². The second kappa shape index (κ2) is 20.0. The highest BCUT2D eigenvalue weighted by Gasteiger charge is 2.23. The molecule has 0 saturated heterocycles. The molecule has 0 aliphatic heterocycles. The Morgan fingerprint density at radius 3 is 1.24 bits per heavy atom. The molecule has 6 aromatic heterocycles. The second-order valence-corrected chi connectivity index (χ2v) is 23.5. The highest BCUT2D eigenvalue weighted by atomic mass is 32.1. The van der Waals surface area contributed by atoms with E-state index in [1.54, 1.807) is 0 Å². The van der Waals surface area contributed by atoms with Crippen LogP contribution in [0.5, 0.6) is 0 Å². The smallest absolute Gasteiger partial charge is 0.238 e. The van der Waals surface area contributed by atoms with E-state index in [2.05, 4.69) is 281 Å². The lowest BCUT2D eigenvalue weighted by Gasteiger charge is -2.16. The lowest BCUT2D eigenvalue weighted by atomic mass is 9.99. The minimum Gasteiger partial charge on any atom is -0.309 e. The number of nitrogens with zero attached hydrogens (tertiary/aromatic N) is 8. The van der Waals surface area contributed by atoms with Gasteiger partial charge in [-0.1, -0.05) is 224 Å². The van der Waals surface area contributed by atoms with Crippen molar-refractivity contribution < 1.29 is 0 Å². The summed E-state index contributed by atoms with van der Waals surface area (Å²) in [5.41, 5.74) is 17.1. The van der Waals surface area contributed by atoms with Gasteiger partial charge in [0.15, 0.2) is 17.5 Å². The van der Waals surface area contributed by atoms with Gasteiger partial charge in [0.1, 0.15) is 0 Å². The van der Waals surface area contributed by atoms with Gasteiger partial charge in [-0.05, 0) is 77.9 Å². The van der Waals surface area contributed by atoms with Crippen molar-refractivity contribution >= 4 is 96.9 Å². The van der Waals surface area contributed by atoms with Crippen LogP contribution in [-0.4, -0.2) is 38.6 Å². The molecule has 0 atom stereocenters. The molecule has 0 aliphatic rings. The van der Waals surface area contributed by atoms with Crippen LogP contribution in [0.3, 0.4) is 0 Å². The van der Waals surface area contributed by atoms with E-state index in [4.69, 9.17) is 24.9 Å². The Morgan fingerprint density at radius 1 is 0.239 bits per heavy atom. The summed E-state index contributed by atoms with van der Waals surface area (Å²) in [6, 6.07) is 103. The van der Waals surface area contributed by atoms with Crippen molar-refractivity contribution in [2.45, 2.75) is 0 Å². The summed E-state index contributed by atoms with van der Waals surface area (Å²) in [4.78, 5) is 26.9. The fourth-order valence-electron chi connectivity index (χ4n) is 13.3. The Balaban J connectivity index is 0.776. The van der Waals surface area contributed by atoms with E-state index in [0.29, 0.717) is 23.4 Å². The van der Waals surface area contributed by atoms with Crippen molar-refractivity contribution in [3.8, 4) is 85.1 Å². The average molecular weight is 1140 g/mol. The van der Waals surface area contributed by atoms with E-state index < -0.39 is 0 Å². The summed E-state index contributed by atoms with van der Waals surface area (Å²) in [5, 5.41) is 9.56. The summed E-state index contributed by atoms with van der Waals surface area (Å²) < 4.78 is 9.47. The molecule has 0 spiro atoms. The molecule has 0 unspecified atom stereocenters. The molecule has 0 amide bonds. The van der Waals surface area contributed by atoms with Crippen LogP contribution in [0.4, 0.5) is 0 Å². The standard InChI is InChI=1S/C79H48N8S/c1-3-20-50(21-4-1)66-48-67(81-78(80-66)55-45-56(85-68-32-13-7-26-58(68)59-27-8-14-33-69(59)85)47-57(46-55)86-70-34-15-9-28-60(70)61-29-10-16-35-71(61)86)54-25-19-24-53(44-54)49-38-40-52(41-39-49)77-82-76(51-22-5-2-6-23-51)83-79(84-77)87-72-36-17-11-30-62(72)64-42-43-65-63-31-12-18-37-73(63)88-75(65)74(64)87/h1-48H. The van der Waals surface area contributed by atoms with Gasteiger partial charge in [-0.2, -0.15) is 9.97 Å². The van der Waals surface area contributed by atoms with Crippen LogP contribution in [0.1, 0.15) is 0 Å². The van der Waals surface area contributed by atoms with Crippen LogP contribution in [0.15, 0.2) is 291 Å². The van der Waals surface area contributed by atoms with Gasteiger partial charge in [-0.15, -0.1) is 11.3 Å². The van der Waals surface area contributed by atoms with Crippen LogP contribution in [0.2, 0.25) is 0 Å². The van der Waals surface area contributed by atoms with Gasteiger partial charge in [0.2, 0.25) is 5.95 Å². The number of fused-ring (bicyclic) bond motifs is 13. The largest absolute Gasteiger partial charge is 0.309 e. The van der Waals surface area contributed by atoms with Crippen molar-refractivity contribution in [3.63, 3.8) is 0 Å². The highest BCUT2D eigenvalue weighted by molar-refractivity contribution is 7.26. The van der Waals surface area contributed by atoms with Gasteiger partial charge in [-0.3, -0.25) is 4.57 Å². The minimum absolute atomic E-state index is 0.567. The fraction of sp³-hybridized carbons (Fsp3) is 0. The Labute approximate surface area is 508 Å². The second-order valence-electron chi connectivity index (χ2n) is 22.4. The molecule has 0 bridgehead atoms. The summed E-state index contributed by atoms with van der Waals surface area (Å²) in [6.45, 7) is 0. The van der Waals surface area contributed by atoms with Crippen molar-refractivity contribution in [1.82, 2.24) is 38.6 Å². The molecule has 6 heterocycles. The number of aromatic nitrogens is 8. The number of thiophene rings is 1. The van der Waals surface area contributed by atoms with Crippen LogP contribution in [0.25, 0.3) is 171 Å². The third kappa shape index (κ3) is 8.02. The van der Waals surface area contributed by atoms with Gasteiger partial charge in [0.05, 0.1) is 49.2 Å². The first-order valence-corrected chi connectivity index (χ1v) is 30.4. The summed E-state index contributed by atoms with van der Waals surface area (Å²) in [5.74, 6) is 2.38. The van der Waals surface area contributed by atoms with E-state index in [9.17, 15) is 0 Å².